The van der Waals surface area contributed by atoms with Crippen molar-refractivity contribution >= 4 is 44.7 Å². The fraction of sp³-hybridized carbons (Fsp3) is 0.300. The van der Waals surface area contributed by atoms with Gasteiger partial charge in [0, 0.05) is 36.4 Å². The molecular formula is C20H22ClN3OS. The summed E-state index contributed by atoms with van der Waals surface area (Å²) < 4.78 is 2.98. The maximum absolute atomic E-state index is 12.6. The van der Waals surface area contributed by atoms with Gasteiger partial charge in [-0.25, -0.2) is 0 Å². The van der Waals surface area contributed by atoms with Crippen molar-refractivity contribution in [1.82, 2.24) is 4.57 Å². The number of thiazole rings is 1. The molecule has 0 aliphatic heterocycles. The molecule has 4 nitrogen and oxygen atoms in total. The molecule has 3 rings (SSSR count). The van der Waals surface area contributed by atoms with E-state index in [-0.39, 0.29) is 5.91 Å². The lowest BCUT2D eigenvalue weighted by Gasteiger charge is -2.20. The van der Waals surface area contributed by atoms with Crippen molar-refractivity contribution in [2.75, 3.05) is 18.0 Å². The fourth-order valence-corrected chi connectivity index (χ4v) is 4.60. The molecule has 0 spiro atoms. The maximum Gasteiger partial charge on any atom is 0.279 e. The molecule has 0 aliphatic carbocycles. The lowest BCUT2D eigenvalue weighted by atomic mass is 10.2. The van der Waals surface area contributed by atoms with Crippen LogP contribution < -0.4 is 9.70 Å². The second-order valence-corrected chi connectivity index (χ2v) is 7.59. The quantitative estimate of drug-likeness (QED) is 0.645. The molecule has 26 heavy (non-hydrogen) atoms. The average molecular weight is 388 g/mol. The first-order valence-corrected chi connectivity index (χ1v) is 9.83. The number of nitrogens with zero attached hydrogens (tertiary/aromatic N) is 3. The molecule has 2 aromatic carbocycles. The number of anilines is 1. The molecule has 1 heterocycles. The summed E-state index contributed by atoms with van der Waals surface area (Å²) in [5, 5.41) is 0.696. The number of halogens is 1. The third-order valence-electron chi connectivity index (χ3n) is 4.49. The zero-order valence-corrected chi connectivity index (χ0v) is 17.0. The SMILES string of the molecule is CCN(CC)c1ccc(C(=O)N=c2sc3cc(Cl)cc(C)c3n2C)cc1. The van der Waals surface area contributed by atoms with Crippen LogP contribution in [0.5, 0.6) is 0 Å². The number of carbonyl (C=O) groups is 1. The van der Waals surface area contributed by atoms with E-state index >= 15 is 0 Å². The maximum atomic E-state index is 12.6. The summed E-state index contributed by atoms with van der Waals surface area (Å²) in [7, 11) is 1.93. The summed E-state index contributed by atoms with van der Waals surface area (Å²) in [6.07, 6.45) is 0. The summed E-state index contributed by atoms with van der Waals surface area (Å²) in [4.78, 5) is 19.8. The van der Waals surface area contributed by atoms with Gasteiger partial charge in [0.15, 0.2) is 4.80 Å². The Bertz CT molecular complexity index is 1010. The van der Waals surface area contributed by atoms with E-state index in [0.29, 0.717) is 15.4 Å². The van der Waals surface area contributed by atoms with Crippen LogP contribution in [0.3, 0.4) is 0 Å². The van der Waals surface area contributed by atoms with Crippen LogP contribution in [0.25, 0.3) is 10.2 Å². The first-order valence-electron chi connectivity index (χ1n) is 8.64. The van der Waals surface area contributed by atoms with Crippen LogP contribution >= 0.6 is 22.9 Å². The first-order chi connectivity index (χ1) is 12.4. The van der Waals surface area contributed by atoms with Crippen LogP contribution in [0.1, 0.15) is 29.8 Å². The lowest BCUT2D eigenvalue weighted by Crippen LogP contribution is -2.21. The van der Waals surface area contributed by atoms with Crippen molar-refractivity contribution < 1.29 is 4.79 Å². The highest BCUT2D eigenvalue weighted by Gasteiger charge is 2.10. The number of benzene rings is 2. The van der Waals surface area contributed by atoms with Crippen LogP contribution in [0.4, 0.5) is 5.69 Å². The Morgan fingerprint density at radius 1 is 1.19 bits per heavy atom. The predicted octanol–water partition coefficient (Wildman–Crippen LogP) is 4.79. The van der Waals surface area contributed by atoms with E-state index in [1.807, 2.05) is 54.9 Å². The molecule has 0 saturated carbocycles. The van der Waals surface area contributed by atoms with Gasteiger partial charge in [0.1, 0.15) is 0 Å². The minimum absolute atomic E-state index is 0.234. The van der Waals surface area contributed by atoms with Crippen molar-refractivity contribution in [3.8, 4) is 0 Å². The molecule has 136 valence electrons. The summed E-state index contributed by atoms with van der Waals surface area (Å²) in [5.74, 6) is -0.234. The highest BCUT2D eigenvalue weighted by molar-refractivity contribution is 7.16. The first kappa shape index (κ1) is 18.7. The molecule has 6 heteroatoms. The third-order valence-corrected chi connectivity index (χ3v) is 5.79. The van der Waals surface area contributed by atoms with Gasteiger partial charge < -0.3 is 9.47 Å². The summed E-state index contributed by atoms with van der Waals surface area (Å²) in [6.45, 7) is 8.13. The molecule has 0 fully saturated rings. The number of hydrogen-bond donors (Lipinski definition) is 0. The minimum Gasteiger partial charge on any atom is -0.372 e. The van der Waals surface area contributed by atoms with E-state index < -0.39 is 0 Å². The molecular weight excluding hydrogens is 366 g/mol. The predicted molar refractivity (Wildman–Crippen MR) is 110 cm³/mol. The van der Waals surface area contributed by atoms with Gasteiger partial charge >= 0.3 is 0 Å². The van der Waals surface area contributed by atoms with Gasteiger partial charge in [0.25, 0.3) is 5.91 Å². The van der Waals surface area contributed by atoms with Gasteiger partial charge in [-0.15, -0.1) is 0 Å². The second kappa shape index (κ2) is 7.64. The van der Waals surface area contributed by atoms with Crippen LogP contribution in [-0.2, 0) is 7.05 Å². The minimum atomic E-state index is -0.234. The summed E-state index contributed by atoms with van der Waals surface area (Å²) >= 11 is 7.62. The van der Waals surface area contributed by atoms with E-state index in [2.05, 4.69) is 23.7 Å². The van der Waals surface area contributed by atoms with E-state index in [1.54, 1.807) is 0 Å². The zero-order valence-electron chi connectivity index (χ0n) is 15.4. The molecule has 1 amide bonds. The topological polar surface area (TPSA) is 37.6 Å². The Kier molecular flexibility index (Phi) is 5.49. The van der Waals surface area contributed by atoms with Gasteiger partial charge in [-0.05, 0) is 62.7 Å². The van der Waals surface area contributed by atoms with Crippen molar-refractivity contribution in [3.05, 3.63) is 57.3 Å². The van der Waals surface area contributed by atoms with Crippen molar-refractivity contribution in [2.24, 2.45) is 12.0 Å². The molecule has 0 aliphatic rings. The van der Waals surface area contributed by atoms with Gasteiger partial charge in [0.2, 0.25) is 0 Å². The van der Waals surface area contributed by atoms with E-state index in [9.17, 15) is 4.79 Å². The second-order valence-electron chi connectivity index (χ2n) is 6.15. The van der Waals surface area contributed by atoms with Gasteiger partial charge in [-0.3, -0.25) is 4.79 Å². The molecule has 0 atom stereocenters. The Balaban J connectivity index is 1.97. The Labute approximate surface area is 162 Å². The highest BCUT2D eigenvalue weighted by atomic mass is 35.5. The number of aryl methyl sites for hydroxylation is 2. The third kappa shape index (κ3) is 3.55. The number of carbonyl (C=O) groups excluding carboxylic acids is 1. The number of hydrogen-bond acceptors (Lipinski definition) is 3. The van der Waals surface area contributed by atoms with Crippen LogP contribution in [0.15, 0.2) is 41.4 Å². The Morgan fingerprint density at radius 3 is 2.46 bits per heavy atom. The normalized spacial score (nSPS) is 12.0. The molecule has 1 aromatic heterocycles. The largest absolute Gasteiger partial charge is 0.372 e. The Hall–Kier alpha value is -2.11. The number of rotatable bonds is 4. The van der Waals surface area contributed by atoms with Crippen molar-refractivity contribution in [2.45, 2.75) is 20.8 Å². The average Bonchev–Trinajstić information content (AvgIpc) is 2.92. The molecule has 0 bridgehead atoms. The van der Waals surface area contributed by atoms with Crippen LogP contribution in [-0.4, -0.2) is 23.6 Å². The molecule has 3 aromatic rings. The van der Waals surface area contributed by atoms with Gasteiger partial charge in [-0.1, -0.05) is 22.9 Å². The summed E-state index contributed by atoms with van der Waals surface area (Å²) in [6, 6.07) is 11.5. The zero-order chi connectivity index (χ0) is 18.8. The van der Waals surface area contributed by atoms with Crippen LogP contribution in [0, 0.1) is 6.92 Å². The lowest BCUT2D eigenvalue weighted by molar-refractivity contribution is 0.0998. The standard InChI is InChI=1S/C20H22ClN3OS/c1-5-24(6-2)16-9-7-14(8-10-16)19(25)22-20-23(4)18-13(3)11-15(21)12-17(18)26-20/h7-12H,5-6H2,1-4H3. The Morgan fingerprint density at radius 2 is 1.85 bits per heavy atom. The number of fused-ring (bicyclic) bond motifs is 1. The van der Waals surface area contributed by atoms with E-state index in [4.69, 9.17) is 11.6 Å². The van der Waals surface area contributed by atoms with Crippen molar-refractivity contribution in [3.63, 3.8) is 0 Å². The summed E-state index contributed by atoms with van der Waals surface area (Å²) in [5.41, 5.74) is 3.84. The van der Waals surface area contributed by atoms with Gasteiger partial charge in [-0.2, -0.15) is 4.99 Å². The van der Waals surface area contributed by atoms with E-state index in [1.165, 1.54) is 11.3 Å². The smallest absolute Gasteiger partial charge is 0.279 e. The molecule has 0 unspecified atom stereocenters. The van der Waals surface area contributed by atoms with Gasteiger partial charge in [0.05, 0.1) is 10.2 Å². The number of aromatic nitrogens is 1. The molecule has 0 radical (unpaired) electrons. The number of amides is 1. The molecule has 0 saturated heterocycles. The monoisotopic (exact) mass is 387 g/mol. The fourth-order valence-electron chi connectivity index (χ4n) is 3.13. The van der Waals surface area contributed by atoms with Crippen LogP contribution in [0.2, 0.25) is 5.02 Å². The molecule has 0 N–H and O–H groups in total. The van der Waals surface area contributed by atoms with Crippen molar-refractivity contribution in [1.29, 1.82) is 0 Å². The highest BCUT2D eigenvalue weighted by Crippen LogP contribution is 2.25. The van der Waals surface area contributed by atoms with E-state index in [0.717, 1.165) is 34.6 Å².